The molecule has 0 saturated carbocycles. The summed E-state index contributed by atoms with van der Waals surface area (Å²) in [4.78, 5) is 37.9. The number of amides is 3. The van der Waals surface area contributed by atoms with Crippen molar-refractivity contribution in [2.45, 2.75) is 25.9 Å². The molecule has 2 aliphatic rings. The molecule has 0 aliphatic carbocycles. The zero-order chi connectivity index (χ0) is 24.3. The number of nitrogens with one attached hydrogen (secondary N) is 2. The van der Waals surface area contributed by atoms with E-state index in [1.807, 2.05) is 6.92 Å². The first-order valence-electron chi connectivity index (χ1n) is 11.2. The van der Waals surface area contributed by atoms with Gasteiger partial charge in [0.15, 0.2) is 18.1 Å². The number of benzene rings is 1. The Morgan fingerprint density at radius 1 is 1.21 bits per heavy atom. The normalized spacial score (nSPS) is 18.1. The number of carbonyl (C=O) groups is 3. The maximum Gasteiger partial charge on any atom is 0.329 e. The molecule has 0 bridgehead atoms. The molecular weight excluding hydrogens is 559 g/mol. The van der Waals surface area contributed by atoms with Crippen LogP contribution in [0.15, 0.2) is 17.2 Å². The molecule has 3 amide bonds. The molecule has 0 spiro atoms. The van der Waals surface area contributed by atoms with E-state index in [9.17, 15) is 14.4 Å². The topological polar surface area (TPSA) is 128 Å². The van der Waals surface area contributed by atoms with Crippen LogP contribution < -0.4 is 20.2 Å². The minimum absolute atomic E-state index is 0.0517. The Kier molecular flexibility index (Phi) is 10.3. The maximum absolute atomic E-state index is 12.4. The molecule has 2 saturated heterocycles. The first-order chi connectivity index (χ1) is 16.5. The van der Waals surface area contributed by atoms with Gasteiger partial charge < -0.3 is 29.2 Å². The summed E-state index contributed by atoms with van der Waals surface area (Å²) in [6, 6.07) is 3.46. The minimum Gasteiger partial charge on any atom is -0.490 e. The summed E-state index contributed by atoms with van der Waals surface area (Å²) >= 11 is 2.08. The number of rotatable bonds is 9. The second kappa shape index (κ2) is 13.4. The van der Waals surface area contributed by atoms with Crippen LogP contribution in [0, 0.1) is 3.57 Å². The van der Waals surface area contributed by atoms with E-state index in [1.165, 1.54) is 6.21 Å². The van der Waals surface area contributed by atoms with Gasteiger partial charge in [-0.25, -0.2) is 5.43 Å². The van der Waals surface area contributed by atoms with E-state index < -0.39 is 11.8 Å². The minimum atomic E-state index is -0.865. The van der Waals surface area contributed by atoms with Gasteiger partial charge in [-0.2, -0.15) is 5.10 Å². The highest BCUT2D eigenvalue weighted by molar-refractivity contribution is 14.1. The third-order valence-electron chi connectivity index (χ3n) is 5.14. The van der Waals surface area contributed by atoms with Crippen molar-refractivity contribution < 1.29 is 33.3 Å². The van der Waals surface area contributed by atoms with E-state index in [4.69, 9.17) is 18.9 Å². The Morgan fingerprint density at radius 2 is 2.00 bits per heavy atom. The van der Waals surface area contributed by atoms with Gasteiger partial charge in [0.2, 0.25) is 0 Å². The fourth-order valence-electron chi connectivity index (χ4n) is 3.41. The zero-order valence-corrected chi connectivity index (χ0v) is 21.2. The lowest BCUT2D eigenvalue weighted by atomic mass is 10.2. The van der Waals surface area contributed by atoms with Crippen molar-refractivity contribution in [1.82, 2.24) is 15.6 Å². The molecule has 11 nitrogen and oxygen atoms in total. The van der Waals surface area contributed by atoms with Gasteiger partial charge >= 0.3 is 11.8 Å². The summed E-state index contributed by atoms with van der Waals surface area (Å²) < 4.78 is 22.9. The summed E-state index contributed by atoms with van der Waals surface area (Å²) in [6.45, 7) is 5.23. The number of ether oxygens (including phenoxy) is 4. The summed E-state index contributed by atoms with van der Waals surface area (Å²) in [7, 11) is 0. The second-order valence-electron chi connectivity index (χ2n) is 7.59. The highest BCUT2D eigenvalue weighted by atomic mass is 127. The van der Waals surface area contributed by atoms with Crippen LogP contribution in [0.3, 0.4) is 0 Å². The number of morpholine rings is 1. The molecule has 2 N–H and O–H groups in total. The third-order valence-corrected chi connectivity index (χ3v) is 5.94. The van der Waals surface area contributed by atoms with Gasteiger partial charge in [0.25, 0.3) is 5.91 Å². The Labute approximate surface area is 211 Å². The summed E-state index contributed by atoms with van der Waals surface area (Å²) in [5.41, 5.74) is 2.84. The molecular formula is C22H29IN4O7. The van der Waals surface area contributed by atoms with Crippen molar-refractivity contribution >= 4 is 46.5 Å². The molecule has 3 rings (SSSR count). The van der Waals surface area contributed by atoms with Crippen molar-refractivity contribution in [2.75, 3.05) is 52.7 Å². The molecule has 186 valence electrons. The lowest BCUT2D eigenvalue weighted by Gasteiger charge is -2.27. The number of hydrazone groups is 1. The first-order valence-corrected chi connectivity index (χ1v) is 12.2. The summed E-state index contributed by atoms with van der Waals surface area (Å²) in [5.74, 6) is -0.848. The Bertz CT molecular complexity index is 899. The molecule has 1 aromatic carbocycles. The molecule has 0 radical (unpaired) electrons. The standard InChI is InChI=1S/C22H29IN4O7/c1-2-32-18-11-15(12-25-26-22(30)21(29)24-13-16-4-3-7-33-16)10-17(23)20(18)34-14-19(28)27-5-8-31-9-6-27/h10-12,16H,2-9,13-14H2,1H3,(H,24,29)(H,26,30)/b25-12-/t16-/m1/s1. The lowest BCUT2D eigenvalue weighted by Crippen LogP contribution is -2.43. The highest BCUT2D eigenvalue weighted by Crippen LogP contribution is 2.34. The highest BCUT2D eigenvalue weighted by Gasteiger charge is 2.20. The summed E-state index contributed by atoms with van der Waals surface area (Å²) in [6.07, 6.45) is 3.16. The van der Waals surface area contributed by atoms with Crippen LogP contribution in [0.1, 0.15) is 25.3 Å². The Balaban J connectivity index is 1.55. The molecule has 1 atom stereocenters. The van der Waals surface area contributed by atoms with Crippen molar-refractivity contribution in [2.24, 2.45) is 5.10 Å². The molecule has 12 heteroatoms. The van der Waals surface area contributed by atoms with E-state index in [0.29, 0.717) is 66.7 Å². The predicted octanol–water partition coefficient (Wildman–Crippen LogP) is 0.673. The lowest BCUT2D eigenvalue weighted by molar-refractivity contribution is -0.139. The molecule has 2 heterocycles. The zero-order valence-electron chi connectivity index (χ0n) is 19.0. The quantitative estimate of drug-likeness (QED) is 0.188. The van der Waals surface area contributed by atoms with Crippen LogP contribution in [0.5, 0.6) is 11.5 Å². The number of hydrogen-bond acceptors (Lipinski definition) is 8. The fourth-order valence-corrected chi connectivity index (χ4v) is 4.19. The monoisotopic (exact) mass is 588 g/mol. The molecule has 34 heavy (non-hydrogen) atoms. The van der Waals surface area contributed by atoms with Gasteiger partial charge in [0.1, 0.15) is 0 Å². The largest absolute Gasteiger partial charge is 0.490 e. The van der Waals surface area contributed by atoms with Crippen molar-refractivity contribution in [3.05, 3.63) is 21.3 Å². The molecule has 2 aliphatic heterocycles. The Hall–Kier alpha value is -2.45. The maximum atomic E-state index is 12.4. The van der Waals surface area contributed by atoms with Crippen molar-refractivity contribution in [3.8, 4) is 11.5 Å². The SMILES string of the molecule is CCOc1cc(/C=N\NC(=O)C(=O)NC[C@H]2CCCO2)cc(I)c1OCC(=O)N1CCOCC1. The van der Waals surface area contributed by atoms with Gasteiger partial charge in [-0.15, -0.1) is 0 Å². The van der Waals surface area contributed by atoms with Crippen LogP contribution in [0.4, 0.5) is 0 Å². The number of hydrogen-bond donors (Lipinski definition) is 2. The molecule has 1 aromatic rings. The van der Waals surface area contributed by atoms with E-state index >= 15 is 0 Å². The van der Waals surface area contributed by atoms with Crippen molar-refractivity contribution in [1.29, 1.82) is 0 Å². The smallest absolute Gasteiger partial charge is 0.329 e. The number of carbonyl (C=O) groups excluding carboxylic acids is 3. The van der Waals surface area contributed by atoms with Crippen LogP contribution in [-0.2, 0) is 23.9 Å². The first kappa shape index (κ1) is 26.2. The average molecular weight is 588 g/mol. The third kappa shape index (κ3) is 7.81. The van der Waals surface area contributed by atoms with Gasteiger partial charge in [-0.3, -0.25) is 14.4 Å². The second-order valence-corrected chi connectivity index (χ2v) is 8.75. The molecule has 0 aromatic heterocycles. The average Bonchev–Trinajstić information content (AvgIpc) is 3.36. The van der Waals surface area contributed by atoms with Crippen LogP contribution in [0.25, 0.3) is 0 Å². The molecule has 0 unspecified atom stereocenters. The Morgan fingerprint density at radius 3 is 2.71 bits per heavy atom. The van der Waals surface area contributed by atoms with Gasteiger partial charge in [-0.05, 0) is 60.1 Å². The number of halogens is 1. The number of nitrogens with zero attached hydrogens (tertiary/aromatic N) is 2. The van der Waals surface area contributed by atoms with E-state index in [2.05, 4.69) is 38.4 Å². The van der Waals surface area contributed by atoms with Crippen LogP contribution in [-0.4, -0.2) is 87.6 Å². The fraction of sp³-hybridized carbons (Fsp3) is 0.545. The summed E-state index contributed by atoms with van der Waals surface area (Å²) in [5, 5.41) is 6.40. The van der Waals surface area contributed by atoms with Crippen LogP contribution >= 0.6 is 22.6 Å². The van der Waals surface area contributed by atoms with E-state index in [-0.39, 0.29) is 18.6 Å². The van der Waals surface area contributed by atoms with Gasteiger partial charge in [-0.1, -0.05) is 0 Å². The molecule has 2 fully saturated rings. The van der Waals surface area contributed by atoms with Crippen LogP contribution in [0.2, 0.25) is 0 Å². The van der Waals surface area contributed by atoms with Gasteiger partial charge in [0, 0.05) is 26.2 Å². The van der Waals surface area contributed by atoms with Crippen molar-refractivity contribution in [3.63, 3.8) is 0 Å². The van der Waals surface area contributed by atoms with E-state index in [0.717, 1.165) is 12.8 Å². The van der Waals surface area contributed by atoms with E-state index in [1.54, 1.807) is 17.0 Å². The predicted molar refractivity (Wildman–Crippen MR) is 131 cm³/mol. The van der Waals surface area contributed by atoms with Gasteiger partial charge in [0.05, 0.1) is 35.7 Å².